The molecule has 0 saturated heterocycles. The largest absolute Gasteiger partial charge is 0.366 e. The first-order valence-corrected chi connectivity index (χ1v) is 6.82. The zero-order valence-corrected chi connectivity index (χ0v) is 12.3. The van der Waals surface area contributed by atoms with E-state index in [1.54, 1.807) is 24.3 Å². The zero-order chi connectivity index (χ0) is 15.7. The molecule has 1 amide bonds. The smallest absolute Gasteiger partial charge is 0.248 e. The van der Waals surface area contributed by atoms with E-state index in [1.807, 2.05) is 36.6 Å². The molecule has 0 aliphatic carbocycles. The minimum absolute atomic E-state index is 0.445. The lowest BCUT2D eigenvalue weighted by atomic mass is 10.2. The molecular weight excluding hydrogens is 278 g/mol. The van der Waals surface area contributed by atoms with Gasteiger partial charge in [-0.25, -0.2) is 4.98 Å². The Morgan fingerprint density at radius 3 is 2.55 bits per heavy atom. The van der Waals surface area contributed by atoms with Crippen molar-refractivity contribution >= 4 is 23.1 Å². The molecule has 6 nitrogen and oxygen atoms in total. The van der Waals surface area contributed by atoms with E-state index < -0.39 is 5.91 Å². The number of pyridine rings is 1. The molecule has 2 N–H and O–H groups in total. The predicted molar refractivity (Wildman–Crippen MR) is 83.8 cm³/mol. The lowest BCUT2D eigenvalue weighted by molar-refractivity contribution is 0.100. The monoisotopic (exact) mass is 293 g/mol. The van der Waals surface area contributed by atoms with E-state index in [1.165, 1.54) is 0 Å². The molecule has 0 radical (unpaired) electrons. The van der Waals surface area contributed by atoms with E-state index in [2.05, 4.69) is 15.2 Å². The molecule has 0 aliphatic rings. The minimum Gasteiger partial charge on any atom is -0.366 e. The van der Waals surface area contributed by atoms with Crippen LogP contribution in [0.25, 0.3) is 5.65 Å². The number of hydrogen-bond acceptors (Lipinski definition) is 4. The van der Waals surface area contributed by atoms with Gasteiger partial charge in [-0.2, -0.15) is 0 Å². The third-order valence-corrected chi connectivity index (χ3v) is 3.40. The number of fused-ring (bicyclic) bond motifs is 1. The molecule has 0 aliphatic heterocycles. The Morgan fingerprint density at radius 2 is 1.86 bits per heavy atom. The van der Waals surface area contributed by atoms with Gasteiger partial charge in [0.25, 0.3) is 0 Å². The van der Waals surface area contributed by atoms with Crippen LogP contribution in [-0.4, -0.2) is 15.3 Å². The Bertz CT molecular complexity index is 877. The number of rotatable bonds is 3. The summed E-state index contributed by atoms with van der Waals surface area (Å²) in [5, 5.41) is 8.49. The number of carbonyl (C=O) groups excluding carboxylic acids is 1. The molecule has 0 saturated carbocycles. The van der Waals surface area contributed by atoms with Crippen molar-refractivity contribution in [1.29, 1.82) is 0 Å². The van der Waals surface area contributed by atoms with Gasteiger partial charge in [-0.05, 0) is 49.7 Å². The standard InChI is InChI=1S/C16H15N5O/c1-10-4-3-9-21-15(10)18-11(2)16(21)20-19-13-7-5-12(6-8-13)14(17)22/h3-9H,1-2H3,(H2,17,22). The average Bonchev–Trinajstić information content (AvgIpc) is 2.83. The summed E-state index contributed by atoms with van der Waals surface area (Å²) in [6.45, 7) is 3.90. The molecule has 6 heteroatoms. The van der Waals surface area contributed by atoms with Crippen LogP contribution in [0.3, 0.4) is 0 Å². The Morgan fingerprint density at radius 1 is 1.14 bits per heavy atom. The van der Waals surface area contributed by atoms with Gasteiger partial charge < -0.3 is 5.73 Å². The lowest BCUT2D eigenvalue weighted by Gasteiger charge is -1.98. The summed E-state index contributed by atoms with van der Waals surface area (Å²) in [6, 6.07) is 10.6. The maximum atomic E-state index is 11.0. The molecule has 0 spiro atoms. The third kappa shape index (κ3) is 2.46. The first-order chi connectivity index (χ1) is 10.6. The molecule has 0 unspecified atom stereocenters. The van der Waals surface area contributed by atoms with Crippen molar-refractivity contribution in [3.05, 3.63) is 59.4 Å². The summed E-state index contributed by atoms with van der Waals surface area (Å²) in [6.07, 6.45) is 1.91. The molecule has 0 fully saturated rings. The highest BCUT2D eigenvalue weighted by Crippen LogP contribution is 2.24. The Labute approximate surface area is 127 Å². The van der Waals surface area contributed by atoms with Crippen molar-refractivity contribution in [3.63, 3.8) is 0 Å². The van der Waals surface area contributed by atoms with E-state index in [9.17, 15) is 4.79 Å². The maximum absolute atomic E-state index is 11.0. The van der Waals surface area contributed by atoms with E-state index in [4.69, 9.17) is 5.73 Å². The van der Waals surface area contributed by atoms with Crippen LogP contribution in [0, 0.1) is 13.8 Å². The van der Waals surface area contributed by atoms with Crippen LogP contribution in [0.4, 0.5) is 11.5 Å². The minimum atomic E-state index is -0.461. The Kier molecular flexibility index (Phi) is 3.42. The topological polar surface area (TPSA) is 85.1 Å². The molecule has 3 aromatic rings. The summed E-state index contributed by atoms with van der Waals surface area (Å²) < 4.78 is 1.91. The van der Waals surface area contributed by atoms with Gasteiger partial charge in [-0.1, -0.05) is 6.07 Å². The molecule has 2 aromatic heterocycles. The molecule has 0 atom stereocenters. The van der Waals surface area contributed by atoms with Crippen molar-refractivity contribution in [2.45, 2.75) is 13.8 Å². The fraction of sp³-hybridized carbons (Fsp3) is 0.125. The molecule has 2 heterocycles. The number of aromatic nitrogens is 2. The molecule has 3 rings (SSSR count). The number of carbonyl (C=O) groups is 1. The van der Waals surface area contributed by atoms with Crippen molar-refractivity contribution in [1.82, 2.24) is 9.38 Å². The van der Waals surface area contributed by atoms with Crippen LogP contribution in [0.5, 0.6) is 0 Å². The summed E-state index contributed by atoms with van der Waals surface area (Å²) in [7, 11) is 0. The van der Waals surface area contributed by atoms with Gasteiger partial charge in [-0.3, -0.25) is 9.20 Å². The predicted octanol–water partition coefficient (Wildman–Crippen LogP) is 3.47. The van der Waals surface area contributed by atoms with Gasteiger partial charge in [0, 0.05) is 11.8 Å². The fourth-order valence-electron chi connectivity index (χ4n) is 2.22. The van der Waals surface area contributed by atoms with Crippen molar-refractivity contribution in [3.8, 4) is 0 Å². The fourth-order valence-corrected chi connectivity index (χ4v) is 2.22. The number of aryl methyl sites for hydroxylation is 2. The van der Waals surface area contributed by atoms with Crippen LogP contribution in [0.15, 0.2) is 52.8 Å². The highest BCUT2D eigenvalue weighted by Gasteiger charge is 2.09. The second-order valence-electron chi connectivity index (χ2n) is 5.02. The number of imidazole rings is 1. The number of hydrogen-bond donors (Lipinski definition) is 1. The van der Waals surface area contributed by atoms with Gasteiger partial charge in [0.2, 0.25) is 5.91 Å². The number of nitrogens with zero attached hydrogens (tertiary/aromatic N) is 4. The van der Waals surface area contributed by atoms with Crippen molar-refractivity contribution in [2.24, 2.45) is 16.0 Å². The highest BCUT2D eigenvalue weighted by molar-refractivity contribution is 5.92. The molecule has 1 aromatic carbocycles. The van der Waals surface area contributed by atoms with Crippen LogP contribution in [-0.2, 0) is 0 Å². The third-order valence-electron chi connectivity index (χ3n) is 3.40. The number of azo groups is 1. The van der Waals surface area contributed by atoms with Crippen LogP contribution < -0.4 is 5.73 Å². The molecular formula is C16H15N5O. The number of nitrogens with two attached hydrogens (primary N) is 1. The van der Waals surface area contributed by atoms with E-state index in [0.29, 0.717) is 17.1 Å². The molecule has 22 heavy (non-hydrogen) atoms. The zero-order valence-electron chi connectivity index (χ0n) is 12.3. The van der Waals surface area contributed by atoms with E-state index in [0.717, 1.165) is 16.9 Å². The normalized spacial score (nSPS) is 11.4. The number of primary amides is 1. The number of benzene rings is 1. The average molecular weight is 293 g/mol. The quantitative estimate of drug-likeness (QED) is 0.750. The van der Waals surface area contributed by atoms with E-state index in [-0.39, 0.29) is 0 Å². The summed E-state index contributed by atoms with van der Waals surface area (Å²) in [5.74, 6) is 0.231. The second kappa shape index (κ2) is 5.40. The van der Waals surface area contributed by atoms with Crippen molar-refractivity contribution in [2.75, 3.05) is 0 Å². The Hall–Kier alpha value is -3.02. The Balaban J connectivity index is 1.97. The van der Waals surface area contributed by atoms with Gasteiger partial charge in [0.05, 0.1) is 11.4 Å². The summed E-state index contributed by atoms with van der Waals surface area (Å²) >= 11 is 0. The lowest BCUT2D eigenvalue weighted by Crippen LogP contribution is -2.10. The van der Waals surface area contributed by atoms with Crippen LogP contribution in [0.1, 0.15) is 21.6 Å². The van der Waals surface area contributed by atoms with E-state index >= 15 is 0 Å². The van der Waals surface area contributed by atoms with Crippen molar-refractivity contribution < 1.29 is 4.79 Å². The first kappa shape index (κ1) is 13.9. The van der Waals surface area contributed by atoms with Crippen LogP contribution in [0.2, 0.25) is 0 Å². The highest BCUT2D eigenvalue weighted by atomic mass is 16.1. The summed E-state index contributed by atoms with van der Waals surface area (Å²) in [5.41, 5.74) is 9.06. The van der Waals surface area contributed by atoms with Gasteiger partial charge in [0.1, 0.15) is 5.65 Å². The molecule has 0 bridgehead atoms. The SMILES string of the molecule is Cc1nc2c(C)cccn2c1N=Nc1ccc(C(N)=O)cc1. The molecule has 110 valence electrons. The van der Waals surface area contributed by atoms with Crippen LogP contribution >= 0.6 is 0 Å². The first-order valence-electron chi connectivity index (χ1n) is 6.82. The van der Waals surface area contributed by atoms with Gasteiger partial charge >= 0.3 is 0 Å². The maximum Gasteiger partial charge on any atom is 0.248 e. The van der Waals surface area contributed by atoms with Gasteiger partial charge in [0.15, 0.2) is 5.82 Å². The second-order valence-corrected chi connectivity index (χ2v) is 5.02. The summed E-state index contributed by atoms with van der Waals surface area (Å²) in [4.78, 5) is 15.5. The van der Waals surface area contributed by atoms with Gasteiger partial charge in [-0.15, -0.1) is 10.2 Å². The number of amides is 1.